The van der Waals surface area contributed by atoms with Crippen molar-refractivity contribution < 1.29 is 9.53 Å². The van der Waals surface area contributed by atoms with E-state index in [-0.39, 0.29) is 5.97 Å². The van der Waals surface area contributed by atoms with Gasteiger partial charge in [0.05, 0.1) is 13.2 Å². The van der Waals surface area contributed by atoms with Crippen LogP contribution in [0.15, 0.2) is 0 Å². The summed E-state index contributed by atoms with van der Waals surface area (Å²) in [5.74, 6) is 0.744. The van der Waals surface area contributed by atoms with Crippen molar-refractivity contribution in [2.24, 2.45) is 5.92 Å². The molecule has 0 spiro atoms. The Morgan fingerprint density at radius 2 is 2.12 bits per heavy atom. The van der Waals surface area contributed by atoms with Crippen molar-refractivity contribution in [2.45, 2.75) is 64.8 Å². The topological polar surface area (TPSA) is 38.3 Å². The van der Waals surface area contributed by atoms with Crippen molar-refractivity contribution in [3.8, 4) is 0 Å². The molecule has 2 atom stereocenters. The molecule has 0 amide bonds. The molecule has 3 heteroatoms. The molecule has 1 aliphatic carbocycles. The smallest absolute Gasteiger partial charge is 0.319 e. The van der Waals surface area contributed by atoms with Crippen LogP contribution < -0.4 is 5.32 Å². The zero-order valence-electron chi connectivity index (χ0n) is 11.3. The molecule has 0 aromatic heterocycles. The molecule has 0 radical (unpaired) electrons. The minimum atomic E-state index is -0.101. The first-order valence-electron chi connectivity index (χ1n) is 7.11. The van der Waals surface area contributed by atoms with Crippen LogP contribution in [-0.4, -0.2) is 25.2 Å². The molecule has 0 heterocycles. The van der Waals surface area contributed by atoms with Gasteiger partial charge in [0.25, 0.3) is 0 Å². The van der Waals surface area contributed by atoms with Gasteiger partial charge < -0.3 is 10.1 Å². The summed E-state index contributed by atoms with van der Waals surface area (Å²) in [6, 6.07) is 0.513. The minimum absolute atomic E-state index is 0.101. The molecule has 0 aromatic carbocycles. The molecular formula is C14H27NO2. The highest BCUT2D eigenvalue weighted by Gasteiger charge is 2.16. The van der Waals surface area contributed by atoms with Crippen LogP contribution in [0.25, 0.3) is 0 Å². The monoisotopic (exact) mass is 241 g/mol. The maximum atomic E-state index is 11.4. The van der Waals surface area contributed by atoms with Crippen LogP contribution in [0.5, 0.6) is 0 Å². The van der Waals surface area contributed by atoms with Crippen molar-refractivity contribution in [3.63, 3.8) is 0 Å². The number of hydrogen-bond acceptors (Lipinski definition) is 3. The lowest BCUT2D eigenvalue weighted by Crippen LogP contribution is -2.34. The van der Waals surface area contributed by atoms with E-state index in [1.807, 2.05) is 0 Å². The molecule has 2 unspecified atom stereocenters. The lowest BCUT2D eigenvalue weighted by atomic mass is 10.0. The second kappa shape index (κ2) is 8.51. The zero-order chi connectivity index (χ0) is 12.5. The highest BCUT2D eigenvalue weighted by Crippen LogP contribution is 2.22. The minimum Gasteiger partial charge on any atom is -0.465 e. The largest absolute Gasteiger partial charge is 0.465 e. The van der Waals surface area contributed by atoms with Gasteiger partial charge in [-0.25, -0.2) is 0 Å². The Morgan fingerprint density at radius 3 is 2.88 bits per heavy atom. The third kappa shape index (κ3) is 6.67. The van der Waals surface area contributed by atoms with Crippen LogP contribution in [0, 0.1) is 5.92 Å². The Morgan fingerprint density at radius 1 is 1.29 bits per heavy atom. The summed E-state index contributed by atoms with van der Waals surface area (Å²) in [5.41, 5.74) is 0. The van der Waals surface area contributed by atoms with Crippen LogP contribution in [0.4, 0.5) is 0 Å². The van der Waals surface area contributed by atoms with Crippen molar-refractivity contribution >= 4 is 5.97 Å². The summed E-state index contributed by atoms with van der Waals surface area (Å²) in [6.45, 7) is 5.36. The molecule has 1 saturated carbocycles. The molecule has 0 aliphatic heterocycles. The van der Waals surface area contributed by atoms with Crippen molar-refractivity contribution in [1.82, 2.24) is 5.32 Å². The molecule has 0 saturated heterocycles. The standard InChI is InChI=1S/C14H27NO2/c1-3-4-10-17-14(16)11-15-13-7-5-6-12(2)8-9-13/h12-13,15H,3-11H2,1-2H3. The van der Waals surface area contributed by atoms with E-state index in [1.54, 1.807) is 0 Å². The van der Waals surface area contributed by atoms with Gasteiger partial charge >= 0.3 is 5.97 Å². The van der Waals surface area contributed by atoms with Gasteiger partial charge in [0.2, 0.25) is 0 Å². The normalized spacial score (nSPS) is 25.3. The Hall–Kier alpha value is -0.570. The molecule has 1 N–H and O–H groups in total. The Labute approximate surface area is 105 Å². The van der Waals surface area contributed by atoms with Crippen molar-refractivity contribution in [3.05, 3.63) is 0 Å². The number of esters is 1. The van der Waals surface area contributed by atoms with Crippen LogP contribution in [0.2, 0.25) is 0 Å². The van der Waals surface area contributed by atoms with Gasteiger partial charge in [0.1, 0.15) is 0 Å². The van der Waals surface area contributed by atoms with Gasteiger partial charge in [-0.1, -0.05) is 33.1 Å². The number of ether oxygens (including phenoxy) is 1. The van der Waals surface area contributed by atoms with E-state index < -0.39 is 0 Å². The second-order valence-electron chi connectivity index (χ2n) is 5.27. The van der Waals surface area contributed by atoms with E-state index in [0.29, 0.717) is 19.2 Å². The molecule has 17 heavy (non-hydrogen) atoms. The van der Waals surface area contributed by atoms with Crippen LogP contribution in [-0.2, 0) is 9.53 Å². The molecule has 1 rings (SSSR count). The highest BCUT2D eigenvalue weighted by molar-refractivity contribution is 5.71. The molecule has 0 bridgehead atoms. The average Bonchev–Trinajstić information content (AvgIpc) is 2.52. The van der Waals surface area contributed by atoms with E-state index in [0.717, 1.165) is 18.8 Å². The maximum Gasteiger partial charge on any atom is 0.319 e. The van der Waals surface area contributed by atoms with E-state index >= 15 is 0 Å². The Bertz CT molecular complexity index is 218. The Kier molecular flexibility index (Phi) is 7.25. The first-order chi connectivity index (χ1) is 8.22. The van der Waals surface area contributed by atoms with Gasteiger partial charge in [-0.15, -0.1) is 0 Å². The molecule has 100 valence electrons. The lowest BCUT2D eigenvalue weighted by Gasteiger charge is -2.15. The van der Waals surface area contributed by atoms with Crippen LogP contribution in [0.3, 0.4) is 0 Å². The number of hydrogen-bond donors (Lipinski definition) is 1. The number of carbonyl (C=O) groups excluding carboxylic acids is 1. The fraction of sp³-hybridized carbons (Fsp3) is 0.929. The number of unbranched alkanes of at least 4 members (excludes halogenated alkanes) is 1. The molecular weight excluding hydrogens is 214 g/mol. The zero-order valence-corrected chi connectivity index (χ0v) is 11.3. The third-order valence-electron chi connectivity index (χ3n) is 3.55. The summed E-state index contributed by atoms with van der Waals surface area (Å²) in [6.07, 6.45) is 8.33. The van der Waals surface area contributed by atoms with E-state index in [9.17, 15) is 4.79 Å². The van der Waals surface area contributed by atoms with Gasteiger partial charge in [-0.05, 0) is 31.6 Å². The van der Waals surface area contributed by atoms with Crippen molar-refractivity contribution in [1.29, 1.82) is 0 Å². The Balaban J connectivity index is 2.10. The number of rotatable bonds is 6. The van der Waals surface area contributed by atoms with Gasteiger partial charge in [0.15, 0.2) is 0 Å². The summed E-state index contributed by atoms with van der Waals surface area (Å²) >= 11 is 0. The average molecular weight is 241 g/mol. The molecule has 0 aromatic rings. The summed E-state index contributed by atoms with van der Waals surface area (Å²) < 4.78 is 5.12. The fourth-order valence-corrected chi connectivity index (χ4v) is 2.30. The third-order valence-corrected chi connectivity index (χ3v) is 3.55. The lowest BCUT2D eigenvalue weighted by molar-refractivity contribution is -0.142. The van der Waals surface area contributed by atoms with Crippen LogP contribution in [0.1, 0.15) is 58.8 Å². The summed E-state index contributed by atoms with van der Waals surface area (Å²) in [5, 5.41) is 3.33. The fourth-order valence-electron chi connectivity index (χ4n) is 2.30. The highest BCUT2D eigenvalue weighted by atomic mass is 16.5. The molecule has 1 fully saturated rings. The summed E-state index contributed by atoms with van der Waals surface area (Å²) in [4.78, 5) is 11.4. The second-order valence-corrected chi connectivity index (χ2v) is 5.27. The first kappa shape index (κ1) is 14.5. The summed E-state index contributed by atoms with van der Waals surface area (Å²) in [7, 11) is 0. The van der Waals surface area contributed by atoms with Gasteiger partial charge in [-0.2, -0.15) is 0 Å². The van der Waals surface area contributed by atoms with Gasteiger partial charge in [0, 0.05) is 6.04 Å². The SMILES string of the molecule is CCCCOC(=O)CNC1CCCC(C)CC1. The molecule has 3 nitrogen and oxygen atoms in total. The number of nitrogens with one attached hydrogen (secondary N) is 1. The maximum absolute atomic E-state index is 11.4. The van der Waals surface area contributed by atoms with Crippen LogP contribution >= 0.6 is 0 Å². The van der Waals surface area contributed by atoms with Crippen molar-refractivity contribution in [2.75, 3.05) is 13.2 Å². The van der Waals surface area contributed by atoms with E-state index in [4.69, 9.17) is 4.74 Å². The number of carbonyl (C=O) groups is 1. The predicted molar refractivity (Wildman–Crippen MR) is 69.9 cm³/mol. The van der Waals surface area contributed by atoms with E-state index in [2.05, 4.69) is 19.2 Å². The van der Waals surface area contributed by atoms with Gasteiger partial charge in [-0.3, -0.25) is 4.79 Å². The predicted octanol–water partition coefficient (Wildman–Crippen LogP) is 2.89. The first-order valence-corrected chi connectivity index (χ1v) is 7.11. The molecule has 1 aliphatic rings. The van der Waals surface area contributed by atoms with E-state index in [1.165, 1.54) is 32.1 Å². The quantitative estimate of drug-likeness (QED) is 0.441.